The van der Waals surface area contributed by atoms with Gasteiger partial charge in [0.15, 0.2) is 0 Å². The molecule has 1 aliphatic rings. The lowest BCUT2D eigenvalue weighted by atomic mass is 9.84. The molecule has 0 bridgehead atoms. The van der Waals surface area contributed by atoms with Gasteiger partial charge in [-0.3, -0.25) is 4.79 Å². The lowest BCUT2D eigenvalue weighted by Crippen LogP contribution is -2.55. The minimum atomic E-state index is -0.0617. The third-order valence-corrected chi connectivity index (χ3v) is 3.97. The Kier molecular flexibility index (Phi) is 7.52. The second-order valence-electron chi connectivity index (χ2n) is 6.38. The minimum absolute atomic E-state index is 0.0459. The predicted molar refractivity (Wildman–Crippen MR) is 82.8 cm³/mol. The fourth-order valence-corrected chi connectivity index (χ4v) is 2.97. The minimum Gasteiger partial charge on any atom is -0.466 e. The number of nitrogens with one attached hydrogen (secondary N) is 1. The Hall–Kier alpha value is -0.610. The number of likely N-dealkylation sites (tertiary alicyclic amines) is 1. The molecule has 4 heteroatoms. The molecule has 1 N–H and O–H groups in total. The van der Waals surface area contributed by atoms with Crippen LogP contribution in [-0.4, -0.2) is 49.2 Å². The van der Waals surface area contributed by atoms with Crippen LogP contribution in [0, 0.1) is 5.92 Å². The Morgan fingerprint density at radius 2 is 1.95 bits per heavy atom. The molecule has 0 aromatic heterocycles. The quantitative estimate of drug-likeness (QED) is 0.695. The highest BCUT2D eigenvalue weighted by atomic mass is 16.5. The summed E-state index contributed by atoms with van der Waals surface area (Å²) in [4.78, 5) is 14.4. The summed E-state index contributed by atoms with van der Waals surface area (Å²) in [5, 5.41) is 3.62. The Morgan fingerprint density at radius 1 is 1.30 bits per heavy atom. The van der Waals surface area contributed by atoms with Gasteiger partial charge in [-0.05, 0) is 51.7 Å². The zero-order valence-corrected chi connectivity index (χ0v) is 13.7. The highest BCUT2D eigenvalue weighted by Gasteiger charge is 2.36. The van der Waals surface area contributed by atoms with Crippen molar-refractivity contribution >= 4 is 5.97 Å². The van der Waals surface area contributed by atoms with Crippen molar-refractivity contribution in [1.82, 2.24) is 10.2 Å². The highest BCUT2D eigenvalue weighted by molar-refractivity contribution is 5.71. The van der Waals surface area contributed by atoms with E-state index in [2.05, 4.69) is 31.0 Å². The molecule has 1 rings (SSSR count). The van der Waals surface area contributed by atoms with Gasteiger partial charge < -0.3 is 15.0 Å². The molecule has 0 unspecified atom stereocenters. The summed E-state index contributed by atoms with van der Waals surface area (Å²) in [5.41, 5.74) is -0.0459. The molecular weight excluding hydrogens is 252 g/mol. The molecule has 0 radical (unpaired) electrons. The van der Waals surface area contributed by atoms with Crippen LogP contribution in [0.4, 0.5) is 0 Å². The first-order chi connectivity index (χ1) is 9.51. The zero-order valence-electron chi connectivity index (χ0n) is 13.7. The summed E-state index contributed by atoms with van der Waals surface area (Å²) in [7, 11) is 0. The van der Waals surface area contributed by atoms with E-state index < -0.39 is 0 Å². The van der Waals surface area contributed by atoms with Gasteiger partial charge in [-0.1, -0.05) is 20.8 Å². The number of carbonyl (C=O) groups excluding carboxylic acids is 1. The van der Waals surface area contributed by atoms with Crippen LogP contribution in [0.1, 0.15) is 53.4 Å². The molecule has 4 nitrogen and oxygen atoms in total. The number of nitrogens with zero attached hydrogens (tertiary/aromatic N) is 1. The maximum absolute atomic E-state index is 11.9. The van der Waals surface area contributed by atoms with Crippen molar-refractivity contribution in [2.75, 3.05) is 32.8 Å². The fraction of sp³-hybridized carbons (Fsp3) is 0.938. The molecule has 1 fully saturated rings. The number of hydrogen-bond donors (Lipinski definition) is 1. The van der Waals surface area contributed by atoms with Crippen molar-refractivity contribution in [2.24, 2.45) is 5.92 Å². The van der Waals surface area contributed by atoms with Crippen LogP contribution < -0.4 is 5.32 Å². The van der Waals surface area contributed by atoms with E-state index in [-0.39, 0.29) is 11.5 Å². The van der Waals surface area contributed by atoms with Crippen LogP contribution in [0.5, 0.6) is 0 Å². The van der Waals surface area contributed by atoms with Crippen LogP contribution in [0.3, 0.4) is 0 Å². The molecule has 1 heterocycles. The van der Waals surface area contributed by atoms with E-state index >= 15 is 0 Å². The Morgan fingerprint density at radius 3 is 2.45 bits per heavy atom. The van der Waals surface area contributed by atoms with Gasteiger partial charge in [-0.2, -0.15) is 0 Å². The predicted octanol–water partition coefficient (Wildman–Crippen LogP) is 2.43. The third kappa shape index (κ3) is 5.80. The molecule has 20 heavy (non-hydrogen) atoms. The van der Waals surface area contributed by atoms with Crippen molar-refractivity contribution in [2.45, 2.75) is 58.9 Å². The number of ether oxygens (including phenoxy) is 1. The molecule has 118 valence electrons. The number of hydrogen-bond acceptors (Lipinski definition) is 4. The second-order valence-corrected chi connectivity index (χ2v) is 6.38. The van der Waals surface area contributed by atoms with Crippen molar-refractivity contribution in [3.05, 3.63) is 0 Å². The molecular formula is C16H32N2O2. The van der Waals surface area contributed by atoms with Crippen LogP contribution in [0.2, 0.25) is 0 Å². The largest absolute Gasteiger partial charge is 0.466 e. The van der Waals surface area contributed by atoms with Gasteiger partial charge in [0, 0.05) is 12.1 Å². The third-order valence-electron chi connectivity index (χ3n) is 3.97. The smallest absolute Gasteiger partial charge is 0.307 e. The average Bonchev–Trinajstić information content (AvgIpc) is 2.39. The van der Waals surface area contributed by atoms with Gasteiger partial charge >= 0.3 is 5.97 Å². The standard InChI is InChI=1S/C16H32N2O2/c1-5-9-17-16(12-15(19)20-6-2)7-10-18(11-8-16)13-14(3)4/h14,17H,5-13H2,1-4H3. The van der Waals surface area contributed by atoms with Crippen LogP contribution in [0.15, 0.2) is 0 Å². The van der Waals surface area contributed by atoms with Crippen LogP contribution >= 0.6 is 0 Å². The Bertz CT molecular complexity index is 284. The lowest BCUT2D eigenvalue weighted by Gasteiger charge is -2.42. The van der Waals surface area contributed by atoms with E-state index in [9.17, 15) is 4.79 Å². The van der Waals surface area contributed by atoms with E-state index in [0.29, 0.717) is 18.9 Å². The van der Waals surface area contributed by atoms with Gasteiger partial charge in [0.1, 0.15) is 0 Å². The first-order valence-electron chi connectivity index (χ1n) is 8.14. The summed E-state index contributed by atoms with van der Waals surface area (Å²) >= 11 is 0. The van der Waals surface area contributed by atoms with Crippen molar-refractivity contribution in [1.29, 1.82) is 0 Å². The Labute approximate surface area is 124 Å². The maximum atomic E-state index is 11.9. The number of piperidine rings is 1. The number of esters is 1. The summed E-state index contributed by atoms with van der Waals surface area (Å²) in [6.07, 6.45) is 3.69. The average molecular weight is 284 g/mol. The summed E-state index contributed by atoms with van der Waals surface area (Å²) < 4.78 is 5.15. The fourth-order valence-electron chi connectivity index (χ4n) is 2.97. The first-order valence-corrected chi connectivity index (χ1v) is 8.14. The van der Waals surface area contributed by atoms with E-state index in [4.69, 9.17) is 4.74 Å². The van der Waals surface area contributed by atoms with Crippen LogP contribution in [-0.2, 0) is 9.53 Å². The molecule has 0 atom stereocenters. The molecule has 0 aliphatic carbocycles. The van der Waals surface area contributed by atoms with E-state index in [0.717, 1.165) is 45.4 Å². The summed E-state index contributed by atoms with van der Waals surface area (Å²) in [5.74, 6) is 0.643. The molecule has 1 aliphatic heterocycles. The maximum Gasteiger partial charge on any atom is 0.307 e. The molecule has 0 aromatic carbocycles. The molecule has 0 aromatic rings. The van der Waals surface area contributed by atoms with Crippen molar-refractivity contribution < 1.29 is 9.53 Å². The molecule has 1 saturated heterocycles. The SMILES string of the molecule is CCCNC1(CC(=O)OCC)CCN(CC(C)C)CC1. The van der Waals surface area contributed by atoms with Gasteiger partial charge in [-0.15, -0.1) is 0 Å². The number of rotatable bonds is 8. The van der Waals surface area contributed by atoms with Gasteiger partial charge in [-0.25, -0.2) is 0 Å². The van der Waals surface area contributed by atoms with Crippen molar-refractivity contribution in [3.63, 3.8) is 0 Å². The Balaban J connectivity index is 2.55. The topological polar surface area (TPSA) is 41.6 Å². The van der Waals surface area contributed by atoms with Gasteiger partial charge in [0.2, 0.25) is 0 Å². The van der Waals surface area contributed by atoms with Crippen molar-refractivity contribution in [3.8, 4) is 0 Å². The second kappa shape index (κ2) is 8.63. The van der Waals surface area contributed by atoms with E-state index in [1.165, 1.54) is 0 Å². The van der Waals surface area contributed by atoms with Gasteiger partial charge in [0.05, 0.1) is 13.0 Å². The highest BCUT2D eigenvalue weighted by Crippen LogP contribution is 2.27. The lowest BCUT2D eigenvalue weighted by molar-refractivity contribution is -0.145. The van der Waals surface area contributed by atoms with Gasteiger partial charge in [0.25, 0.3) is 0 Å². The summed E-state index contributed by atoms with van der Waals surface area (Å²) in [6, 6.07) is 0. The number of carbonyl (C=O) groups is 1. The van der Waals surface area contributed by atoms with E-state index in [1.54, 1.807) is 0 Å². The monoisotopic (exact) mass is 284 g/mol. The normalized spacial score (nSPS) is 19.2. The molecule has 0 spiro atoms. The van der Waals surface area contributed by atoms with Crippen LogP contribution in [0.25, 0.3) is 0 Å². The zero-order chi connectivity index (χ0) is 15.0. The summed E-state index contributed by atoms with van der Waals surface area (Å²) in [6.45, 7) is 13.3. The van der Waals surface area contributed by atoms with E-state index in [1.807, 2.05) is 6.92 Å². The first kappa shape index (κ1) is 17.4. The molecule has 0 saturated carbocycles. The molecule has 0 amide bonds.